The van der Waals surface area contributed by atoms with E-state index < -0.39 is 11.8 Å². The van der Waals surface area contributed by atoms with Crippen molar-refractivity contribution in [3.8, 4) is 16.9 Å². The van der Waals surface area contributed by atoms with Gasteiger partial charge in [0.05, 0.1) is 7.11 Å². The van der Waals surface area contributed by atoms with E-state index in [4.69, 9.17) is 18.3 Å². The fourth-order valence-corrected chi connectivity index (χ4v) is 3.45. The number of rotatable bonds is 10. The van der Waals surface area contributed by atoms with E-state index in [1.54, 1.807) is 37.3 Å². The standard InChI is InChI=1S/C22H19NO7.C5H9NO.C2H6/c1-5-14-8-15(10-24)17(9-18(14)27-4)16-7-6-12(2)23-20(16)21(25)28-11-19-13(3)29-22(26)30-19;7-4-6-3-5-1-2-5;1-2/h5-10H,1,11H2,2-4H3;4-5H,1-3H2,(H,6,7);1-2H3. The fraction of sp³-hybridized carbons (Fsp3) is 0.345. The molecule has 10 heteroatoms. The quantitative estimate of drug-likeness (QED) is 0.282. The number of carbonyl (C=O) groups excluding carboxylic acids is 3. The second-order valence-corrected chi connectivity index (χ2v) is 8.33. The number of hydrogen-bond acceptors (Lipinski definition) is 9. The highest BCUT2D eigenvalue weighted by Crippen LogP contribution is 2.33. The Hall–Kier alpha value is -4.47. The number of aryl methyl sites for hydroxylation is 2. The summed E-state index contributed by atoms with van der Waals surface area (Å²) in [6.07, 6.45) is 5.62. The van der Waals surface area contributed by atoms with Gasteiger partial charge < -0.3 is 23.6 Å². The second kappa shape index (κ2) is 15.1. The Balaban J connectivity index is 0.000000507. The Morgan fingerprint density at radius 3 is 2.38 bits per heavy atom. The number of nitrogens with zero attached hydrogens (tertiary/aromatic N) is 1. The van der Waals surface area contributed by atoms with Gasteiger partial charge in [0.1, 0.15) is 5.75 Å². The van der Waals surface area contributed by atoms with Crippen LogP contribution in [0, 0.1) is 19.8 Å². The van der Waals surface area contributed by atoms with E-state index >= 15 is 0 Å². The Morgan fingerprint density at radius 1 is 1.13 bits per heavy atom. The highest BCUT2D eigenvalue weighted by molar-refractivity contribution is 5.99. The molecule has 1 aliphatic rings. The van der Waals surface area contributed by atoms with Crippen LogP contribution in [0.25, 0.3) is 17.2 Å². The van der Waals surface area contributed by atoms with Gasteiger partial charge in [-0.05, 0) is 56.4 Å². The molecule has 0 spiro atoms. The first-order chi connectivity index (χ1) is 18.8. The smallest absolute Gasteiger partial charge is 0.496 e. The van der Waals surface area contributed by atoms with Crippen molar-refractivity contribution in [3.05, 3.63) is 75.5 Å². The first-order valence-corrected chi connectivity index (χ1v) is 12.5. The molecule has 1 N–H and O–H groups in total. The SMILES string of the molecule is C=Cc1cc(C=O)c(-c2ccc(C)nc2C(=O)OCc2oc(=O)oc2C)cc1OC.CC.O=CNCC1CC1. The third-order valence-corrected chi connectivity index (χ3v) is 5.62. The van der Waals surface area contributed by atoms with Gasteiger partial charge in [-0.25, -0.2) is 14.6 Å². The molecule has 0 saturated heterocycles. The van der Waals surface area contributed by atoms with E-state index in [1.807, 2.05) is 13.8 Å². The molecule has 2 aromatic heterocycles. The third kappa shape index (κ3) is 8.53. The van der Waals surface area contributed by atoms with E-state index in [0.717, 1.165) is 18.9 Å². The lowest BCUT2D eigenvalue weighted by atomic mass is 9.95. The molecule has 1 aromatic carbocycles. The van der Waals surface area contributed by atoms with Gasteiger partial charge in [-0.3, -0.25) is 9.59 Å². The molecular weight excluding hydrogens is 504 g/mol. The van der Waals surface area contributed by atoms with Crippen molar-refractivity contribution in [1.29, 1.82) is 0 Å². The summed E-state index contributed by atoms with van der Waals surface area (Å²) >= 11 is 0. The molecule has 0 aliphatic heterocycles. The maximum absolute atomic E-state index is 12.8. The number of esters is 1. The van der Waals surface area contributed by atoms with Crippen LogP contribution in [-0.4, -0.2) is 37.3 Å². The van der Waals surface area contributed by atoms with Gasteiger partial charge in [0.15, 0.2) is 30.1 Å². The number of nitrogens with one attached hydrogen (secondary N) is 1. The van der Waals surface area contributed by atoms with Crippen LogP contribution in [0.15, 0.2) is 44.5 Å². The second-order valence-electron chi connectivity index (χ2n) is 8.33. The van der Waals surface area contributed by atoms with Crippen LogP contribution >= 0.6 is 0 Å². The summed E-state index contributed by atoms with van der Waals surface area (Å²) in [7, 11) is 1.50. The average Bonchev–Trinajstić information content (AvgIpc) is 3.73. The first-order valence-electron chi connectivity index (χ1n) is 12.5. The van der Waals surface area contributed by atoms with E-state index in [1.165, 1.54) is 26.9 Å². The molecule has 0 unspecified atom stereocenters. The van der Waals surface area contributed by atoms with Gasteiger partial charge in [-0.2, -0.15) is 0 Å². The zero-order valence-electron chi connectivity index (χ0n) is 22.9. The summed E-state index contributed by atoms with van der Waals surface area (Å²) in [6, 6.07) is 6.65. The molecule has 1 saturated carbocycles. The molecule has 0 radical (unpaired) electrons. The number of aromatic nitrogens is 1. The van der Waals surface area contributed by atoms with Gasteiger partial charge in [0.2, 0.25) is 6.41 Å². The maximum Gasteiger partial charge on any atom is 0.519 e. The van der Waals surface area contributed by atoms with Crippen molar-refractivity contribution in [3.63, 3.8) is 0 Å². The zero-order chi connectivity index (χ0) is 28.9. The Bertz CT molecular complexity index is 1350. The molecule has 3 aromatic rings. The zero-order valence-corrected chi connectivity index (χ0v) is 22.9. The number of amides is 1. The fourth-order valence-electron chi connectivity index (χ4n) is 3.45. The summed E-state index contributed by atoms with van der Waals surface area (Å²) in [5.41, 5.74) is 2.42. The number of carbonyl (C=O) groups is 3. The number of ether oxygens (including phenoxy) is 2. The molecule has 10 nitrogen and oxygen atoms in total. The highest BCUT2D eigenvalue weighted by Gasteiger charge is 2.22. The van der Waals surface area contributed by atoms with Gasteiger partial charge >= 0.3 is 11.8 Å². The Labute approximate surface area is 227 Å². The van der Waals surface area contributed by atoms with Crippen LogP contribution in [-0.2, 0) is 16.1 Å². The van der Waals surface area contributed by atoms with Crippen LogP contribution in [0.2, 0.25) is 0 Å². The minimum absolute atomic E-state index is 0.00926. The highest BCUT2D eigenvalue weighted by atomic mass is 16.6. The van der Waals surface area contributed by atoms with E-state index in [2.05, 4.69) is 16.9 Å². The predicted molar refractivity (Wildman–Crippen MR) is 146 cm³/mol. The molecule has 1 fully saturated rings. The van der Waals surface area contributed by atoms with Crippen molar-refractivity contribution in [1.82, 2.24) is 10.3 Å². The van der Waals surface area contributed by atoms with Crippen molar-refractivity contribution < 1.29 is 32.7 Å². The average molecular weight is 539 g/mol. The van der Waals surface area contributed by atoms with Crippen LogP contribution in [0.5, 0.6) is 5.75 Å². The van der Waals surface area contributed by atoms with Crippen molar-refractivity contribution in [2.24, 2.45) is 5.92 Å². The third-order valence-electron chi connectivity index (χ3n) is 5.62. The summed E-state index contributed by atoms with van der Waals surface area (Å²) in [6.45, 7) is 11.6. The summed E-state index contributed by atoms with van der Waals surface area (Å²) < 4.78 is 20.2. The number of pyridine rings is 1. The lowest BCUT2D eigenvalue weighted by molar-refractivity contribution is -0.109. The molecule has 4 rings (SSSR count). The van der Waals surface area contributed by atoms with Crippen molar-refractivity contribution in [2.45, 2.75) is 47.1 Å². The molecule has 39 heavy (non-hydrogen) atoms. The molecule has 208 valence electrons. The van der Waals surface area contributed by atoms with Gasteiger partial charge in [0.25, 0.3) is 0 Å². The number of hydrogen-bond donors (Lipinski definition) is 1. The van der Waals surface area contributed by atoms with Gasteiger partial charge in [-0.15, -0.1) is 0 Å². The van der Waals surface area contributed by atoms with Crippen LogP contribution in [0.1, 0.15) is 70.3 Å². The van der Waals surface area contributed by atoms with E-state index in [0.29, 0.717) is 40.0 Å². The normalized spacial score (nSPS) is 11.6. The molecule has 0 bridgehead atoms. The Kier molecular flexibility index (Phi) is 11.9. The summed E-state index contributed by atoms with van der Waals surface area (Å²) in [4.78, 5) is 49.6. The summed E-state index contributed by atoms with van der Waals surface area (Å²) in [5.74, 6) is -0.00338. The summed E-state index contributed by atoms with van der Waals surface area (Å²) in [5, 5.41) is 2.63. The Morgan fingerprint density at radius 2 is 1.85 bits per heavy atom. The van der Waals surface area contributed by atoms with Gasteiger partial charge in [0, 0.05) is 28.9 Å². The minimum atomic E-state index is -0.877. The lowest BCUT2D eigenvalue weighted by Crippen LogP contribution is -2.13. The number of aldehydes is 1. The van der Waals surface area contributed by atoms with Crippen LogP contribution < -0.4 is 15.9 Å². The molecule has 1 aliphatic carbocycles. The lowest BCUT2D eigenvalue weighted by Gasteiger charge is -2.14. The molecular formula is C29H34N2O8. The topological polar surface area (TPSA) is 138 Å². The van der Waals surface area contributed by atoms with Crippen LogP contribution in [0.3, 0.4) is 0 Å². The van der Waals surface area contributed by atoms with E-state index in [-0.39, 0.29) is 23.8 Å². The minimum Gasteiger partial charge on any atom is -0.496 e. The van der Waals surface area contributed by atoms with Crippen molar-refractivity contribution in [2.75, 3.05) is 13.7 Å². The molecule has 1 amide bonds. The largest absolute Gasteiger partial charge is 0.519 e. The maximum atomic E-state index is 12.8. The molecule has 2 heterocycles. The predicted octanol–water partition coefficient (Wildman–Crippen LogP) is 4.90. The number of methoxy groups -OCH3 is 1. The van der Waals surface area contributed by atoms with Crippen molar-refractivity contribution >= 4 is 24.7 Å². The number of benzene rings is 1. The van der Waals surface area contributed by atoms with Gasteiger partial charge in [-0.1, -0.05) is 32.6 Å². The van der Waals surface area contributed by atoms with E-state index in [9.17, 15) is 19.2 Å². The molecule has 0 atom stereocenters. The van der Waals surface area contributed by atoms with Crippen LogP contribution in [0.4, 0.5) is 0 Å². The monoisotopic (exact) mass is 538 g/mol. The first kappa shape index (κ1) is 30.8.